The minimum absolute atomic E-state index is 0.0169. The predicted molar refractivity (Wildman–Crippen MR) is 75.3 cm³/mol. The van der Waals surface area contributed by atoms with Crippen LogP contribution in [-0.2, 0) is 4.74 Å². The van der Waals surface area contributed by atoms with E-state index in [0.717, 1.165) is 17.9 Å². The summed E-state index contributed by atoms with van der Waals surface area (Å²) in [4.78, 5) is 0.988. The Bertz CT molecular complexity index is 324. The molecule has 0 aromatic carbocycles. The smallest absolute Gasteiger partial charge is 0.105 e. The van der Waals surface area contributed by atoms with Gasteiger partial charge in [-0.15, -0.1) is 0 Å². The van der Waals surface area contributed by atoms with Crippen LogP contribution in [0.15, 0.2) is 11.1 Å². The van der Waals surface area contributed by atoms with Crippen LogP contribution in [0.4, 0.5) is 0 Å². The molecule has 0 aromatic rings. The van der Waals surface area contributed by atoms with Gasteiger partial charge in [-0.05, 0) is 37.2 Å². The lowest BCUT2D eigenvalue weighted by Gasteiger charge is -2.29. The second-order valence-electron chi connectivity index (χ2n) is 5.21. The molecule has 1 saturated carbocycles. The average Bonchev–Trinajstić information content (AvgIpc) is 2.55. The van der Waals surface area contributed by atoms with Crippen molar-refractivity contribution in [2.45, 2.75) is 51.6 Å². The fourth-order valence-corrected chi connectivity index (χ4v) is 3.40. The number of nitrogens with two attached hydrogens (primary N) is 1. The molecule has 2 nitrogen and oxygen atoms in total. The van der Waals surface area contributed by atoms with E-state index in [-0.39, 0.29) is 6.10 Å². The van der Waals surface area contributed by atoms with Crippen LogP contribution in [0.3, 0.4) is 0 Å². The molecule has 3 heteroatoms. The zero-order valence-corrected chi connectivity index (χ0v) is 11.5. The first-order chi connectivity index (χ1) is 8.24. The second-order valence-corrected chi connectivity index (χ2v) is 5.65. The van der Waals surface area contributed by atoms with Gasteiger partial charge in [0, 0.05) is 11.4 Å². The summed E-state index contributed by atoms with van der Waals surface area (Å²) in [6, 6.07) is 0. The van der Waals surface area contributed by atoms with Crippen molar-refractivity contribution in [3.05, 3.63) is 11.1 Å². The van der Waals surface area contributed by atoms with E-state index < -0.39 is 0 Å². The third-order valence-electron chi connectivity index (χ3n) is 4.04. The summed E-state index contributed by atoms with van der Waals surface area (Å²) < 4.78 is 5.63. The monoisotopic (exact) mass is 253 g/mol. The van der Waals surface area contributed by atoms with Crippen molar-refractivity contribution in [1.82, 2.24) is 0 Å². The van der Waals surface area contributed by atoms with E-state index in [1.165, 1.54) is 37.7 Å². The van der Waals surface area contributed by atoms with Crippen LogP contribution in [0.5, 0.6) is 0 Å². The van der Waals surface area contributed by atoms with Crippen LogP contribution in [0.2, 0.25) is 0 Å². The third kappa shape index (κ3) is 2.95. The van der Waals surface area contributed by atoms with Crippen molar-refractivity contribution in [2.24, 2.45) is 11.7 Å². The molecule has 2 unspecified atom stereocenters. The summed E-state index contributed by atoms with van der Waals surface area (Å²) in [5.41, 5.74) is 8.73. The van der Waals surface area contributed by atoms with Gasteiger partial charge in [-0.3, -0.25) is 0 Å². The topological polar surface area (TPSA) is 35.2 Å². The first kappa shape index (κ1) is 13.2. The molecule has 2 atom stereocenters. The number of thiocarbonyl (C=S) groups is 1. The van der Waals surface area contributed by atoms with E-state index in [2.05, 4.69) is 6.92 Å². The van der Waals surface area contributed by atoms with Gasteiger partial charge in [0.05, 0.1) is 6.61 Å². The van der Waals surface area contributed by atoms with Gasteiger partial charge in [-0.1, -0.05) is 37.6 Å². The number of ether oxygens (including phenoxy) is 1. The van der Waals surface area contributed by atoms with Gasteiger partial charge in [0.15, 0.2) is 0 Å². The Kier molecular flexibility index (Phi) is 4.71. The van der Waals surface area contributed by atoms with Gasteiger partial charge >= 0.3 is 0 Å². The van der Waals surface area contributed by atoms with Crippen LogP contribution >= 0.6 is 12.2 Å². The highest BCUT2D eigenvalue weighted by molar-refractivity contribution is 7.81. The molecule has 1 saturated heterocycles. The normalized spacial score (nSPS) is 35.8. The SMILES string of the molecule is CC1CCCCC/C1=C1\CCOC(CN)C1=S. The standard InChI is InChI=1S/C14H23NOS/c1-10-5-3-2-4-6-11(10)12-7-8-16-13(9-15)14(12)17/h10,13H,2-9,15H2,1H3/b12-11-. The van der Waals surface area contributed by atoms with E-state index in [0.29, 0.717) is 12.5 Å². The first-order valence-corrected chi connectivity index (χ1v) is 7.22. The molecule has 96 valence electrons. The number of rotatable bonds is 1. The highest BCUT2D eigenvalue weighted by Crippen LogP contribution is 2.33. The van der Waals surface area contributed by atoms with Crippen LogP contribution in [0.1, 0.15) is 45.4 Å². The molecular formula is C14H23NOS. The Morgan fingerprint density at radius 3 is 2.88 bits per heavy atom. The van der Waals surface area contributed by atoms with E-state index in [9.17, 15) is 0 Å². The van der Waals surface area contributed by atoms with Crippen molar-refractivity contribution in [3.8, 4) is 0 Å². The van der Waals surface area contributed by atoms with Crippen molar-refractivity contribution < 1.29 is 4.74 Å². The lowest BCUT2D eigenvalue weighted by molar-refractivity contribution is 0.0980. The third-order valence-corrected chi connectivity index (χ3v) is 4.55. The summed E-state index contributed by atoms with van der Waals surface area (Å²) >= 11 is 5.56. The summed E-state index contributed by atoms with van der Waals surface area (Å²) in [5, 5.41) is 0. The maximum atomic E-state index is 5.72. The summed E-state index contributed by atoms with van der Waals surface area (Å²) in [6.45, 7) is 3.65. The van der Waals surface area contributed by atoms with Crippen molar-refractivity contribution in [2.75, 3.05) is 13.2 Å². The van der Waals surface area contributed by atoms with Crippen molar-refractivity contribution in [3.63, 3.8) is 0 Å². The van der Waals surface area contributed by atoms with Crippen LogP contribution in [0, 0.1) is 5.92 Å². The summed E-state index contributed by atoms with van der Waals surface area (Å²) in [6.07, 6.45) is 7.57. The fourth-order valence-electron chi connectivity index (χ4n) is 3.00. The quantitative estimate of drug-likeness (QED) is 0.443. The highest BCUT2D eigenvalue weighted by Gasteiger charge is 2.27. The van der Waals surface area contributed by atoms with Gasteiger partial charge in [-0.25, -0.2) is 0 Å². The van der Waals surface area contributed by atoms with Crippen LogP contribution in [0.25, 0.3) is 0 Å². The molecule has 2 rings (SSSR count). The summed E-state index contributed by atoms with van der Waals surface area (Å²) in [7, 11) is 0. The van der Waals surface area contributed by atoms with E-state index >= 15 is 0 Å². The van der Waals surface area contributed by atoms with Gasteiger partial charge in [-0.2, -0.15) is 0 Å². The maximum absolute atomic E-state index is 5.72. The van der Waals surface area contributed by atoms with Crippen molar-refractivity contribution >= 4 is 17.1 Å². The molecule has 0 aromatic heterocycles. The summed E-state index contributed by atoms with van der Waals surface area (Å²) in [5.74, 6) is 0.696. The molecule has 2 fully saturated rings. The Morgan fingerprint density at radius 2 is 2.12 bits per heavy atom. The minimum atomic E-state index is -0.0169. The van der Waals surface area contributed by atoms with E-state index in [1.807, 2.05) is 0 Å². The van der Waals surface area contributed by atoms with Gasteiger partial charge in [0.2, 0.25) is 0 Å². The minimum Gasteiger partial charge on any atom is -0.371 e. The van der Waals surface area contributed by atoms with E-state index in [1.54, 1.807) is 5.57 Å². The number of hydrogen-bond donors (Lipinski definition) is 1. The second kappa shape index (κ2) is 6.07. The zero-order valence-electron chi connectivity index (χ0n) is 10.7. The van der Waals surface area contributed by atoms with Gasteiger partial charge in [0.25, 0.3) is 0 Å². The predicted octanol–water partition coefficient (Wildman–Crippen LogP) is 3.00. The molecular weight excluding hydrogens is 230 g/mol. The largest absolute Gasteiger partial charge is 0.371 e. The molecule has 0 radical (unpaired) electrons. The van der Waals surface area contributed by atoms with E-state index in [4.69, 9.17) is 22.7 Å². The Labute approximate surface area is 110 Å². The Balaban J connectivity index is 2.24. The average molecular weight is 253 g/mol. The molecule has 1 aliphatic carbocycles. The Hall–Kier alpha value is -0.250. The lowest BCUT2D eigenvalue weighted by Crippen LogP contribution is -2.37. The lowest BCUT2D eigenvalue weighted by atomic mass is 9.86. The number of hydrogen-bond acceptors (Lipinski definition) is 3. The highest BCUT2D eigenvalue weighted by atomic mass is 32.1. The van der Waals surface area contributed by atoms with Crippen LogP contribution < -0.4 is 5.73 Å². The Morgan fingerprint density at radius 1 is 1.29 bits per heavy atom. The fraction of sp³-hybridized carbons (Fsp3) is 0.786. The first-order valence-electron chi connectivity index (χ1n) is 6.82. The zero-order chi connectivity index (χ0) is 12.3. The molecule has 2 N–H and O–H groups in total. The number of allylic oxidation sites excluding steroid dienone is 1. The van der Waals surface area contributed by atoms with Crippen molar-refractivity contribution in [1.29, 1.82) is 0 Å². The molecule has 0 spiro atoms. The molecule has 0 amide bonds. The van der Waals surface area contributed by atoms with Gasteiger partial charge in [0.1, 0.15) is 6.10 Å². The molecule has 1 aliphatic heterocycles. The molecule has 0 bridgehead atoms. The molecule has 17 heavy (non-hydrogen) atoms. The van der Waals surface area contributed by atoms with Crippen LogP contribution in [-0.4, -0.2) is 24.1 Å². The molecule has 1 heterocycles. The maximum Gasteiger partial charge on any atom is 0.105 e. The molecule has 2 aliphatic rings. The van der Waals surface area contributed by atoms with Gasteiger partial charge < -0.3 is 10.5 Å².